The van der Waals surface area contributed by atoms with Crippen molar-refractivity contribution < 1.29 is 22.7 Å². The van der Waals surface area contributed by atoms with E-state index in [4.69, 9.17) is 4.74 Å². The van der Waals surface area contributed by atoms with Crippen LogP contribution < -0.4 is 0 Å². The number of carbonyl (C=O) groups excluding carboxylic acids is 1. The molecule has 1 saturated heterocycles. The summed E-state index contributed by atoms with van der Waals surface area (Å²) in [5, 5.41) is 3.96. The van der Waals surface area contributed by atoms with Gasteiger partial charge < -0.3 is 9.64 Å². The van der Waals surface area contributed by atoms with Crippen molar-refractivity contribution in [3.05, 3.63) is 23.8 Å². The summed E-state index contributed by atoms with van der Waals surface area (Å²) in [7, 11) is 0. The molecule has 2 aromatic heterocycles. The lowest BCUT2D eigenvalue weighted by molar-refractivity contribution is -0.141. The normalized spacial score (nSPS) is 18.8. The fourth-order valence-electron chi connectivity index (χ4n) is 2.77. The van der Waals surface area contributed by atoms with Crippen LogP contribution in [-0.2, 0) is 10.9 Å². The molecule has 0 spiro atoms. The van der Waals surface area contributed by atoms with Crippen LogP contribution in [0.5, 0.6) is 0 Å². The Kier molecular flexibility index (Phi) is 4.08. The third-order valence-corrected chi connectivity index (χ3v) is 3.83. The molecule has 0 aromatic carbocycles. The van der Waals surface area contributed by atoms with E-state index in [2.05, 4.69) is 15.1 Å². The third-order valence-electron chi connectivity index (χ3n) is 3.83. The fraction of sp³-hybridized carbons (Fsp3) is 0.600. The first-order chi connectivity index (χ1) is 11.5. The molecule has 10 heteroatoms. The first-order valence-electron chi connectivity index (χ1n) is 7.80. The lowest BCUT2D eigenvalue weighted by atomic mass is 10.0. The van der Waals surface area contributed by atoms with Gasteiger partial charge in [-0.3, -0.25) is 0 Å². The van der Waals surface area contributed by atoms with Gasteiger partial charge >= 0.3 is 12.3 Å². The highest BCUT2D eigenvalue weighted by atomic mass is 19.4. The Labute approximate surface area is 141 Å². The maximum absolute atomic E-state index is 13.1. The predicted octanol–water partition coefficient (Wildman–Crippen LogP) is 2.87. The Morgan fingerprint density at radius 3 is 2.68 bits per heavy atom. The molecule has 0 aliphatic carbocycles. The molecule has 1 fully saturated rings. The van der Waals surface area contributed by atoms with Crippen LogP contribution in [0.4, 0.5) is 18.0 Å². The van der Waals surface area contributed by atoms with Gasteiger partial charge in [0.15, 0.2) is 0 Å². The molecule has 1 amide bonds. The van der Waals surface area contributed by atoms with E-state index in [-0.39, 0.29) is 18.2 Å². The first kappa shape index (κ1) is 17.4. The topological polar surface area (TPSA) is 72.6 Å². The Hall–Kier alpha value is -2.39. The fourth-order valence-corrected chi connectivity index (χ4v) is 2.77. The van der Waals surface area contributed by atoms with E-state index in [1.165, 1.54) is 9.42 Å². The number of alkyl halides is 3. The molecule has 1 atom stereocenters. The number of halogens is 3. The molecule has 0 N–H and O–H groups in total. The van der Waals surface area contributed by atoms with E-state index in [9.17, 15) is 18.0 Å². The molecular weight excluding hydrogens is 339 g/mol. The Morgan fingerprint density at radius 2 is 2.04 bits per heavy atom. The van der Waals surface area contributed by atoms with Crippen LogP contribution in [0.2, 0.25) is 0 Å². The second kappa shape index (κ2) is 5.85. The van der Waals surface area contributed by atoms with Gasteiger partial charge in [0, 0.05) is 19.0 Å². The zero-order valence-electron chi connectivity index (χ0n) is 14.0. The van der Waals surface area contributed by atoms with Crippen molar-refractivity contribution in [3.8, 4) is 0 Å². The summed E-state index contributed by atoms with van der Waals surface area (Å²) in [6.07, 6.45) is -3.39. The summed E-state index contributed by atoms with van der Waals surface area (Å²) in [6.45, 7) is 5.94. The van der Waals surface area contributed by atoms with Crippen LogP contribution in [0.25, 0.3) is 5.78 Å². The summed E-state index contributed by atoms with van der Waals surface area (Å²) >= 11 is 0. The molecule has 0 saturated carbocycles. The Balaban J connectivity index is 1.88. The molecule has 2 aromatic rings. The van der Waals surface area contributed by atoms with Gasteiger partial charge in [0.25, 0.3) is 5.78 Å². The first-order valence-corrected chi connectivity index (χ1v) is 7.80. The van der Waals surface area contributed by atoms with Crippen LogP contribution in [-0.4, -0.2) is 49.3 Å². The van der Waals surface area contributed by atoms with Gasteiger partial charge in [-0.05, 0) is 33.3 Å². The molecule has 7 nitrogen and oxygen atoms in total. The molecule has 25 heavy (non-hydrogen) atoms. The number of aromatic nitrogens is 4. The van der Waals surface area contributed by atoms with Crippen molar-refractivity contribution in [2.75, 3.05) is 13.1 Å². The predicted molar refractivity (Wildman–Crippen MR) is 80.9 cm³/mol. The van der Waals surface area contributed by atoms with E-state index >= 15 is 0 Å². The standard InChI is InChI=1S/C15H18F3N5O2/c1-14(2,3)25-13(24)22-5-4-9(7-22)10-6-11(15(16,17)18)21-12-19-8-20-23(10)12/h6,8-9H,4-5,7H2,1-3H3. The number of nitrogens with zero attached hydrogens (tertiary/aromatic N) is 5. The highest BCUT2D eigenvalue weighted by molar-refractivity contribution is 5.68. The lowest BCUT2D eigenvalue weighted by Gasteiger charge is -2.24. The van der Waals surface area contributed by atoms with Gasteiger partial charge in [0.1, 0.15) is 17.6 Å². The smallest absolute Gasteiger partial charge is 0.433 e. The van der Waals surface area contributed by atoms with Crippen molar-refractivity contribution in [2.24, 2.45) is 0 Å². The average molecular weight is 357 g/mol. The number of hydrogen-bond acceptors (Lipinski definition) is 5. The third kappa shape index (κ3) is 3.67. The molecule has 3 rings (SSSR count). The monoisotopic (exact) mass is 357 g/mol. The van der Waals surface area contributed by atoms with Crippen molar-refractivity contribution in [1.29, 1.82) is 0 Å². The second-order valence-corrected chi connectivity index (χ2v) is 6.95. The highest BCUT2D eigenvalue weighted by Gasteiger charge is 2.37. The van der Waals surface area contributed by atoms with E-state index in [1.54, 1.807) is 20.8 Å². The van der Waals surface area contributed by atoms with E-state index in [0.29, 0.717) is 18.7 Å². The minimum Gasteiger partial charge on any atom is -0.444 e. The van der Waals surface area contributed by atoms with Crippen LogP contribution >= 0.6 is 0 Å². The number of amides is 1. The average Bonchev–Trinajstić information content (AvgIpc) is 3.12. The van der Waals surface area contributed by atoms with Gasteiger partial charge in [-0.1, -0.05) is 0 Å². The molecule has 0 bridgehead atoms. The number of fused-ring (bicyclic) bond motifs is 1. The second-order valence-electron chi connectivity index (χ2n) is 6.95. The van der Waals surface area contributed by atoms with Gasteiger partial charge in [0.05, 0.1) is 5.69 Å². The van der Waals surface area contributed by atoms with Crippen LogP contribution in [0.3, 0.4) is 0 Å². The van der Waals surface area contributed by atoms with Gasteiger partial charge in [-0.15, -0.1) is 0 Å². The zero-order valence-corrected chi connectivity index (χ0v) is 14.0. The van der Waals surface area contributed by atoms with Gasteiger partial charge in [0.2, 0.25) is 0 Å². The number of ether oxygens (including phenoxy) is 1. The summed E-state index contributed by atoms with van der Waals surface area (Å²) in [6, 6.07) is 0.977. The summed E-state index contributed by atoms with van der Waals surface area (Å²) in [4.78, 5) is 20.9. The van der Waals surface area contributed by atoms with Crippen molar-refractivity contribution in [2.45, 2.75) is 44.9 Å². The number of hydrogen-bond donors (Lipinski definition) is 0. The molecule has 1 aliphatic heterocycles. The summed E-state index contributed by atoms with van der Waals surface area (Å²) in [5.74, 6) is -0.415. The molecule has 1 aliphatic rings. The maximum Gasteiger partial charge on any atom is 0.433 e. The largest absolute Gasteiger partial charge is 0.444 e. The number of rotatable bonds is 1. The van der Waals surface area contributed by atoms with E-state index in [0.717, 1.165) is 12.4 Å². The van der Waals surface area contributed by atoms with Crippen molar-refractivity contribution >= 4 is 11.9 Å². The molecule has 1 unspecified atom stereocenters. The minimum absolute atomic E-state index is 0.111. The number of carbonyl (C=O) groups is 1. The molecule has 0 radical (unpaired) electrons. The minimum atomic E-state index is -4.58. The Bertz CT molecular complexity index is 797. The SMILES string of the molecule is CC(C)(C)OC(=O)N1CCC(c2cc(C(F)(F)F)nc3ncnn23)C1. The van der Waals surface area contributed by atoms with Gasteiger partial charge in [-0.25, -0.2) is 14.3 Å². The highest BCUT2D eigenvalue weighted by Crippen LogP contribution is 2.33. The van der Waals surface area contributed by atoms with E-state index < -0.39 is 23.6 Å². The van der Waals surface area contributed by atoms with Crippen molar-refractivity contribution in [1.82, 2.24) is 24.5 Å². The Morgan fingerprint density at radius 1 is 1.32 bits per heavy atom. The van der Waals surface area contributed by atoms with E-state index in [1.807, 2.05) is 0 Å². The van der Waals surface area contributed by atoms with Gasteiger partial charge in [-0.2, -0.15) is 23.3 Å². The molecular formula is C15H18F3N5O2. The van der Waals surface area contributed by atoms with Crippen LogP contribution in [0.1, 0.15) is 44.5 Å². The lowest BCUT2D eigenvalue weighted by Crippen LogP contribution is -2.35. The zero-order chi connectivity index (χ0) is 18.4. The summed E-state index contributed by atoms with van der Waals surface area (Å²) in [5.41, 5.74) is -1.31. The summed E-state index contributed by atoms with van der Waals surface area (Å²) < 4.78 is 45.8. The quantitative estimate of drug-likeness (QED) is 0.785. The molecule has 136 valence electrons. The molecule has 3 heterocycles. The van der Waals surface area contributed by atoms with Crippen LogP contribution in [0, 0.1) is 0 Å². The number of likely N-dealkylation sites (tertiary alicyclic amines) is 1. The van der Waals surface area contributed by atoms with Crippen LogP contribution in [0.15, 0.2) is 12.4 Å². The van der Waals surface area contributed by atoms with Crippen molar-refractivity contribution in [3.63, 3.8) is 0 Å². The maximum atomic E-state index is 13.1.